The van der Waals surface area contributed by atoms with Gasteiger partial charge in [0.15, 0.2) is 0 Å². The van der Waals surface area contributed by atoms with Gasteiger partial charge in [0, 0.05) is 6.61 Å². The molecule has 0 saturated heterocycles. The normalized spacial score (nSPS) is 9.44. The number of rotatable bonds is 7. The minimum Gasteiger partial charge on any atom is -0.478 e. The summed E-state index contributed by atoms with van der Waals surface area (Å²) < 4.78 is 9.76. The molecule has 0 aliphatic rings. The molecule has 0 atom stereocenters. The van der Waals surface area contributed by atoms with Gasteiger partial charge in [0.1, 0.15) is 6.79 Å². The van der Waals surface area contributed by atoms with E-state index in [-0.39, 0.29) is 6.61 Å². The highest BCUT2D eigenvalue weighted by atomic mass is 16.7. The van der Waals surface area contributed by atoms with Gasteiger partial charge in [-0.05, 0) is 18.6 Å². The van der Waals surface area contributed by atoms with Crippen LogP contribution in [0.25, 0.3) is 0 Å². The monoisotopic (exact) mass is 256 g/mol. The number of aliphatic hydroxyl groups excluding tert-OH is 1. The van der Waals surface area contributed by atoms with E-state index < -0.39 is 5.97 Å². The summed E-state index contributed by atoms with van der Waals surface area (Å²) in [5, 5.41) is 16.6. The molecule has 5 heteroatoms. The summed E-state index contributed by atoms with van der Waals surface area (Å²) in [4.78, 5) is 10.2. The molecule has 18 heavy (non-hydrogen) atoms. The molecule has 1 aromatic rings. The lowest BCUT2D eigenvalue weighted by molar-refractivity contribution is -0.0619. The zero-order valence-corrected chi connectivity index (χ0v) is 10.5. The van der Waals surface area contributed by atoms with Crippen molar-refractivity contribution >= 4 is 5.97 Å². The van der Waals surface area contributed by atoms with Crippen molar-refractivity contribution in [2.75, 3.05) is 26.6 Å². The summed E-state index contributed by atoms with van der Waals surface area (Å²) in [6, 6.07) is 8.30. The zero-order valence-electron chi connectivity index (χ0n) is 10.5. The predicted molar refractivity (Wildman–Crippen MR) is 67.5 cm³/mol. The van der Waals surface area contributed by atoms with Crippen molar-refractivity contribution in [3.8, 4) is 0 Å². The van der Waals surface area contributed by atoms with Crippen LogP contribution in [0, 0.1) is 0 Å². The number of carboxylic acid groups (broad SMARTS) is 1. The fraction of sp³-hybridized carbons (Fsp3) is 0.462. The third kappa shape index (κ3) is 9.77. The van der Waals surface area contributed by atoms with Crippen LogP contribution in [0.15, 0.2) is 30.3 Å². The first-order valence-corrected chi connectivity index (χ1v) is 5.77. The maximum atomic E-state index is 10.2. The first-order chi connectivity index (χ1) is 8.72. The maximum Gasteiger partial charge on any atom is 0.335 e. The molecule has 0 aromatic heterocycles. The van der Waals surface area contributed by atoms with Gasteiger partial charge in [-0.25, -0.2) is 4.79 Å². The lowest BCUT2D eigenvalue weighted by atomic mass is 10.2. The first-order valence-electron chi connectivity index (χ1n) is 5.77. The number of carbonyl (C=O) groups is 1. The third-order valence-electron chi connectivity index (χ3n) is 1.77. The highest BCUT2D eigenvalue weighted by Crippen LogP contribution is 1.96. The van der Waals surface area contributed by atoms with Crippen LogP contribution in [0.2, 0.25) is 0 Å². The Labute approximate surface area is 107 Å². The van der Waals surface area contributed by atoms with Crippen molar-refractivity contribution < 1.29 is 24.5 Å². The van der Waals surface area contributed by atoms with Gasteiger partial charge < -0.3 is 19.7 Å². The number of hydrogen-bond donors (Lipinski definition) is 2. The molecule has 1 rings (SSSR count). The molecule has 0 radical (unpaired) electrons. The predicted octanol–water partition coefficient (Wildman–Crippen LogP) is 1.76. The average Bonchev–Trinajstić information content (AvgIpc) is 2.40. The number of hydrogen-bond acceptors (Lipinski definition) is 4. The Morgan fingerprint density at radius 1 is 1.17 bits per heavy atom. The number of aromatic carboxylic acids is 1. The number of aliphatic hydroxyl groups is 1. The molecule has 0 spiro atoms. The Hall–Kier alpha value is -1.43. The highest BCUT2D eigenvalue weighted by molar-refractivity contribution is 5.87. The smallest absolute Gasteiger partial charge is 0.335 e. The Balaban J connectivity index is 0.000000321. The summed E-state index contributed by atoms with van der Waals surface area (Å²) in [7, 11) is 0. The molecule has 0 heterocycles. The van der Waals surface area contributed by atoms with E-state index >= 15 is 0 Å². The maximum absolute atomic E-state index is 10.2. The summed E-state index contributed by atoms with van der Waals surface area (Å²) in [6.45, 7) is 3.49. The summed E-state index contributed by atoms with van der Waals surface area (Å²) >= 11 is 0. The van der Waals surface area contributed by atoms with Gasteiger partial charge in [-0.1, -0.05) is 25.1 Å². The van der Waals surface area contributed by atoms with Gasteiger partial charge in [-0.15, -0.1) is 0 Å². The Morgan fingerprint density at radius 3 is 2.22 bits per heavy atom. The van der Waals surface area contributed by atoms with Gasteiger partial charge in [-0.2, -0.15) is 0 Å². The molecule has 1 aromatic carbocycles. The minimum absolute atomic E-state index is 0.0650. The van der Waals surface area contributed by atoms with Crippen LogP contribution in [0.1, 0.15) is 23.7 Å². The first kappa shape index (κ1) is 16.6. The van der Waals surface area contributed by atoms with Gasteiger partial charge in [-0.3, -0.25) is 0 Å². The van der Waals surface area contributed by atoms with Crippen LogP contribution in [0.5, 0.6) is 0 Å². The molecule has 0 aliphatic heterocycles. The molecule has 2 N–H and O–H groups in total. The standard InChI is InChI=1S/C7H6O2.C6H14O3/c8-7(9)6-4-2-1-3-5-6;1-2-4-8-6-9-5-3-7/h1-5H,(H,8,9);7H,2-6H2,1H3. The molecule has 0 fully saturated rings. The van der Waals surface area contributed by atoms with Crippen LogP contribution in [-0.4, -0.2) is 42.8 Å². The van der Waals surface area contributed by atoms with E-state index in [2.05, 4.69) is 0 Å². The molecule has 102 valence electrons. The van der Waals surface area contributed by atoms with Crippen molar-refractivity contribution in [3.63, 3.8) is 0 Å². The van der Waals surface area contributed by atoms with Crippen molar-refractivity contribution in [2.45, 2.75) is 13.3 Å². The van der Waals surface area contributed by atoms with E-state index in [4.69, 9.17) is 19.7 Å². The molecular weight excluding hydrogens is 236 g/mol. The number of carboxylic acids is 1. The van der Waals surface area contributed by atoms with Gasteiger partial charge in [0.2, 0.25) is 0 Å². The van der Waals surface area contributed by atoms with Crippen molar-refractivity contribution in [2.24, 2.45) is 0 Å². The van der Waals surface area contributed by atoms with Crippen molar-refractivity contribution in [1.82, 2.24) is 0 Å². The van der Waals surface area contributed by atoms with E-state index in [0.717, 1.165) is 13.0 Å². The fourth-order valence-corrected chi connectivity index (χ4v) is 0.966. The molecule has 0 amide bonds. The molecular formula is C13H20O5. The average molecular weight is 256 g/mol. The van der Waals surface area contributed by atoms with Crippen molar-refractivity contribution in [3.05, 3.63) is 35.9 Å². The molecule has 0 saturated carbocycles. The van der Waals surface area contributed by atoms with E-state index in [1.165, 1.54) is 0 Å². The lowest BCUT2D eigenvalue weighted by Crippen LogP contribution is -2.04. The van der Waals surface area contributed by atoms with Gasteiger partial charge in [0.25, 0.3) is 0 Å². The van der Waals surface area contributed by atoms with Crippen LogP contribution >= 0.6 is 0 Å². The number of benzene rings is 1. The van der Waals surface area contributed by atoms with Crippen LogP contribution in [-0.2, 0) is 9.47 Å². The van der Waals surface area contributed by atoms with E-state index in [1.54, 1.807) is 30.3 Å². The summed E-state index contributed by atoms with van der Waals surface area (Å²) in [5.41, 5.74) is 0.331. The van der Waals surface area contributed by atoms with Crippen LogP contribution < -0.4 is 0 Å². The van der Waals surface area contributed by atoms with Crippen LogP contribution in [0.3, 0.4) is 0 Å². The molecule has 5 nitrogen and oxygen atoms in total. The SMILES string of the molecule is CCCOCOCCO.O=C(O)c1ccccc1. The van der Waals surface area contributed by atoms with Crippen molar-refractivity contribution in [1.29, 1.82) is 0 Å². The third-order valence-corrected chi connectivity index (χ3v) is 1.77. The van der Waals surface area contributed by atoms with E-state index in [9.17, 15) is 4.79 Å². The Kier molecular flexibility index (Phi) is 11.1. The number of ether oxygens (including phenoxy) is 2. The highest BCUT2D eigenvalue weighted by Gasteiger charge is 1.96. The summed E-state index contributed by atoms with van der Waals surface area (Å²) in [5.74, 6) is -0.879. The second-order valence-corrected chi connectivity index (χ2v) is 3.33. The van der Waals surface area contributed by atoms with Gasteiger partial charge >= 0.3 is 5.97 Å². The van der Waals surface area contributed by atoms with Gasteiger partial charge in [0.05, 0.1) is 18.8 Å². The quantitative estimate of drug-likeness (QED) is 0.574. The van der Waals surface area contributed by atoms with Crippen LogP contribution in [0.4, 0.5) is 0 Å². The molecule has 0 unspecified atom stereocenters. The molecule has 0 bridgehead atoms. The lowest BCUT2D eigenvalue weighted by Gasteiger charge is -2.01. The van der Waals surface area contributed by atoms with E-state index in [0.29, 0.717) is 19.0 Å². The zero-order chi connectivity index (χ0) is 13.6. The largest absolute Gasteiger partial charge is 0.478 e. The minimum atomic E-state index is -0.879. The second-order valence-electron chi connectivity index (χ2n) is 3.33. The fourth-order valence-electron chi connectivity index (χ4n) is 0.966. The Morgan fingerprint density at radius 2 is 1.78 bits per heavy atom. The second kappa shape index (κ2) is 12.0. The van der Waals surface area contributed by atoms with E-state index in [1.807, 2.05) is 6.92 Å². The Bertz CT molecular complexity index is 294. The molecule has 0 aliphatic carbocycles. The topological polar surface area (TPSA) is 76.0 Å². The summed E-state index contributed by atoms with van der Waals surface area (Å²) in [6.07, 6.45) is 1.00.